The Morgan fingerprint density at radius 3 is 2.76 bits per heavy atom. The summed E-state index contributed by atoms with van der Waals surface area (Å²) >= 11 is 0. The summed E-state index contributed by atoms with van der Waals surface area (Å²) in [6.07, 6.45) is 1.44. The van der Waals surface area contributed by atoms with Crippen LogP contribution in [0.2, 0.25) is 0 Å². The highest BCUT2D eigenvalue weighted by atomic mass is 16.2. The topological polar surface area (TPSA) is 59.8 Å². The monoisotopic (exact) mass is 230 g/mol. The van der Waals surface area contributed by atoms with Crippen molar-refractivity contribution >= 4 is 11.6 Å². The van der Waals surface area contributed by atoms with Gasteiger partial charge in [-0.25, -0.2) is 0 Å². The molecule has 1 N–H and O–H groups in total. The minimum Gasteiger partial charge on any atom is -0.320 e. The van der Waals surface area contributed by atoms with E-state index in [9.17, 15) is 4.79 Å². The molecule has 0 aliphatic rings. The lowest BCUT2D eigenvalue weighted by molar-refractivity contribution is 0.102. The van der Waals surface area contributed by atoms with Crippen molar-refractivity contribution in [3.63, 3.8) is 0 Å². The first-order valence-electron chi connectivity index (χ1n) is 5.32. The highest BCUT2D eigenvalue weighted by molar-refractivity contribution is 6.03. The number of nitrogens with zero attached hydrogens (tertiary/aromatic N) is 3. The van der Waals surface area contributed by atoms with E-state index in [0.29, 0.717) is 5.69 Å². The number of amides is 1. The van der Waals surface area contributed by atoms with Gasteiger partial charge in [0.1, 0.15) is 0 Å². The molecule has 0 aliphatic heterocycles. The van der Waals surface area contributed by atoms with Crippen molar-refractivity contribution in [2.24, 2.45) is 7.05 Å². The standard InChI is InChI=1S/C12H14N4O/c1-8-5-4-6-10(9(8)2)14-12(17)11-7-13-16(3)15-11/h4-7H,1-3H3,(H,14,17). The molecule has 0 saturated heterocycles. The number of nitrogens with one attached hydrogen (secondary N) is 1. The van der Waals surface area contributed by atoms with Crippen LogP contribution in [0.25, 0.3) is 0 Å². The minimum atomic E-state index is -0.244. The van der Waals surface area contributed by atoms with Gasteiger partial charge in [-0.05, 0) is 31.0 Å². The van der Waals surface area contributed by atoms with Crippen LogP contribution >= 0.6 is 0 Å². The van der Waals surface area contributed by atoms with Crippen LogP contribution in [0.1, 0.15) is 21.6 Å². The van der Waals surface area contributed by atoms with Crippen molar-refractivity contribution in [1.82, 2.24) is 15.0 Å². The molecule has 2 rings (SSSR count). The van der Waals surface area contributed by atoms with Gasteiger partial charge < -0.3 is 5.32 Å². The molecule has 5 nitrogen and oxygen atoms in total. The van der Waals surface area contributed by atoms with Gasteiger partial charge in [0.25, 0.3) is 5.91 Å². The maximum absolute atomic E-state index is 11.9. The predicted octanol–water partition coefficient (Wildman–Crippen LogP) is 1.68. The predicted molar refractivity (Wildman–Crippen MR) is 64.9 cm³/mol. The lowest BCUT2D eigenvalue weighted by atomic mass is 10.1. The third-order valence-electron chi connectivity index (χ3n) is 2.69. The lowest BCUT2D eigenvalue weighted by Gasteiger charge is -2.08. The van der Waals surface area contributed by atoms with Crippen molar-refractivity contribution in [2.75, 3.05) is 5.32 Å². The fraction of sp³-hybridized carbons (Fsp3) is 0.250. The molecule has 0 spiro atoms. The summed E-state index contributed by atoms with van der Waals surface area (Å²) < 4.78 is 0. The number of hydrogen-bond acceptors (Lipinski definition) is 3. The Kier molecular flexibility index (Phi) is 2.91. The SMILES string of the molecule is Cc1cccc(NC(=O)c2cnn(C)n2)c1C. The minimum absolute atomic E-state index is 0.244. The smallest absolute Gasteiger partial charge is 0.277 e. The molecule has 1 aromatic carbocycles. The van der Waals surface area contributed by atoms with Crippen LogP contribution in [0, 0.1) is 13.8 Å². The fourth-order valence-electron chi connectivity index (χ4n) is 1.52. The number of anilines is 1. The molecule has 0 bridgehead atoms. The Hall–Kier alpha value is -2.17. The van der Waals surface area contributed by atoms with Crippen LogP contribution in [0.4, 0.5) is 5.69 Å². The van der Waals surface area contributed by atoms with Crippen LogP contribution in [0.15, 0.2) is 24.4 Å². The highest BCUT2D eigenvalue weighted by Gasteiger charge is 2.11. The second kappa shape index (κ2) is 4.37. The molecule has 1 aromatic heterocycles. The van der Waals surface area contributed by atoms with Crippen molar-refractivity contribution in [3.05, 3.63) is 41.2 Å². The Morgan fingerprint density at radius 1 is 1.35 bits per heavy atom. The first-order chi connectivity index (χ1) is 8.08. The number of rotatable bonds is 2. The Bertz CT molecular complexity index is 559. The Morgan fingerprint density at radius 2 is 2.12 bits per heavy atom. The lowest BCUT2D eigenvalue weighted by Crippen LogP contribution is -2.14. The summed E-state index contributed by atoms with van der Waals surface area (Å²) in [5.41, 5.74) is 3.32. The van der Waals surface area contributed by atoms with Crippen LogP contribution < -0.4 is 5.32 Å². The Balaban J connectivity index is 2.21. The molecular formula is C12H14N4O. The quantitative estimate of drug-likeness (QED) is 0.854. The van der Waals surface area contributed by atoms with Gasteiger partial charge in [0.2, 0.25) is 0 Å². The summed E-state index contributed by atoms with van der Waals surface area (Å²) in [4.78, 5) is 13.2. The third kappa shape index (κ3) is 2.33. The summed E-state index contributed by atoms with van der Waals surface area (Å²) in [6, 6.07) is 5.79. The number of carbonyl (C=O) groups excluding carboxylic acids is 1. The molecule has 88 valence electrons. The van der Waals surface area contributed by atoms with Gasteiger partial charge in [0.05, 0.1) is 6.20 Å². The molecule has 1 amide bonds. The largest absolute Gasteiger partial charge is 0.320 e. The average Bonchev–Trinajstić information content (AvgIpc) is 2.72. The molecule has 0 saturated carbocycles. The number of benzene rings is 1. The van der Waals surface area contributed by atoms with E-state index in [1.54, 1.807) is 7.05 Å². The first kappa shape index (κ1) is 11.3. The molecule has 0 unspecified atom stereocenters. The molecule has 0 aliphatic carbocycles. The normalized spacial score (nSPS) is 10.3. The highest BCUT2D eigenvalue weighted by Crippen LogP contribution is 2.18. The van der Waals surface area contributed by atoms with Crippen molar-refractivity contribution in [3.8, 4) is 0 Å². The molecule has 0 radical (unpaired) electrons. The number of carbonyl (C=O) groups is 1. The van der Waals surface area contributed by atoms with Crippen LogP contribution in [0.5, 0.6) is 0 Å². The fourth-order valence-corrected chi connectivity index (χ4v) is 1.52. The zero-order valence-corrected chi connectivity index (χ0v) is 10.1. The van der Waals surface area contributed by atoms with Gasteiger partial charge in [-0.1, -0.05) is 12.1 Å². The maximum atomic E-state index is 11.9. The zero-order chi connectivity index (χ0) is 12.4. The van der Waals surface area contributed by atoms with E-state index in [0.717, 1.165) is 16.8 Å². The van der Waals surface area contributed by atoms with Crippen molar-refractivity contribution in [2.45, 2.75) is 13.8 Å². The summed E-state index contributed by atoms with van der Waals surface area (Å²) in [5, 5.41) is 10.6. The number of aryl methyl sites for hydroxylation is 2. The number of aromatic nitrogens is 3. The van der Waals surface area contributed by atoms with E-state index in [-0.39, 0.29) is 5.91 Å². The molecule has 17 heavy (non-hydrogen) atoms. The molecule has 5 heteroatoms. The van der Waals surface area contributed by atoms with E-state index >= 15 is 0 Å². The van der Waals surface area contributed by atoms with Crippen LogP contribution in [-0.2, 0) is 7.05 Å². The van der Waals surface area contributed by atoms with Gasteiger partial charge in [-0.15, -0.1) is 5.10 Å². The summed E-state index contributed by atoms with van der Waals surface area (Å²) in [6.45, 7) is 3.98. The van der Waals surface area contributed by atoms with Crippen LogP contribution in [-0.4, -0.2) is 20.9 Å². The first-order valence-corrected chi connectivity index (χ1v) is 5.32. The second-order valence-corrected chi connectivity index (χ2v) is 3.92. The van der Waals surface area contributed by atoms with E-state index in [1.165, 1.54) is 11.0 Å². The van der Waals surface area contributed by atoms with Crippen LogP contribution in [0.3, 0.4) is 0 Å². The van der Waals surface area contributed by atoms with Gasteiger partial charge in [0.15, 0.2) is 5.69 Å². The maximum Gasteiger partial charge on any atom is 0.277 e. The Labute approximate surface area is 99.5 Å². The number of hydrogen-bond donors (Lipinski definition) is 1. The van der Waals surface area contributed by atoms with Gasteiger partial charge >= 0.3 is 0 Å². The molecule has 0 fully saturated rings. The molecular weight excluding hydrogens is 216 g/mol. The molecule has 2 aromatic rings. The van der Waals surface area contributed by atoms with E-state index in [1.807, 2.05) is 32.0 Å². The van der Waals surface area contributed by atoms with Crippen molar-refractivity contribution in [1.29, 1.82) is 0 Å². The summed E-state index contributed by atoms with van der Waals surface area (Å²) in [7, 11) is 1.68. The van der Waals surface area contributed by atoms with Crippen molar-refractivity contribution < 1.29 is 4.79 Å². The zero-order valence-electron chi connectivity index (χ0n) is 10.1. The van der Waals surface area contributed by atoms with E-state index < -0.39 is 0 Å². The average molecular weight is 230 g/mol. The van der Waals surface area contributed by atoms with E-state index in [4.69, 9.17) is 0 Å². The second-order valence-electron chi connectivity index (χ2n) is 3.92. The summed E-state index contributed by atoms with van der Waals surface area (Å²) in [5.74, 6) is -0.244. The molecule has 1 heterocycles. The van der Waals surface area contributed by atoms with Gasteiger partial charge in [-0.2, -0.15) is 9.90 Å². The third-order valence-corrected chi connectivity index (χ3v) is 2.69. The van der Waals surface area contributed by atoms with E-state index in [2.05, 4.69) is 15.5 Å². The molecule has 0 atom stereocenters. The van der Waals surface area contributed by atoms with Gasteiger partial charge in [-0.3, -0.25) is 4.79 Å². The van der Waals surface area contributed by atoms with Gasteiger partial charge in [0, 0.05) is 12.7 Å².